The van der Waals surface area contributed by atoms with Crippen LogP contribution in [0, 0.1) is 0 Å². The number of primary amides is 1. The maximum absolute atomic E-state index is 12.1. The minimum absolute atomic E-state index is 0.0127. The zero-order chi connectivity index (χ0) is 14.8. The van der Waals surface area contributed by atoms with Gasteiger partial charge in [-0.2, -0.15) is 0 Å². The number of sulfonamides is 1. The fourth-order valence-electron chi connectivity index (χ4n) is 1.99. The summed E-state index contributed by atoms with van der Waals surface area (Å²) >= 11 is 0.922. The molecule has 1 aliphatic heterocycles. The molecule has 0 unspecified atom stereocenters. The number of hydrogen-bond donors (Lipinski definition) is 4. The molecule has 7 nitrogen and oxygen atoms in total. The SMILES string of the molecule is NC(=O)c1csc(S(=O)(=O)NC[C@]2(O)CCCNC2)c1. The summed E-state index contributed by atoms with van der Waals surface area (Å²) in [6, 6.07) is 1.23. The molecule has 112 valence electrons. The summed E-state index contributed by atoms with van der Waals surface area (Å²) in [6.45, 7) is 1.11. The number of thiophene rings is 1. The molecule has 2 heterocycles. The minimum atomic E-state index is -3.74. The molecule has 1 aromatic heterocycles. The Morgan fingerprint density at radius 1 is 1.60 bits per heavy atom. The topological polar surface area (TPSA) is 122 Å². The Morgan fingerprint density at radius 3 is 2.90 bits per heavy atom. The fraction of sp³-hybridized carbons (Fsp3) is 0.545. The Hall–Kier alpha value is -1.00. The van der Waals surface area contributed by atoms with E-state index in [1.54, 1.807) is 0 Å². The van der Waals surface area contributed by atoms with Crippen molar-refractivity contribution in [3.05, 3.63) is 17.0 Å². The normalized spacial score (nSPS) is 23.6. The van der Waals surface area contributed by atoms with Gasteiger partial charge in [0, 0.05) is 18.5 Å². The van der Waals surface area contributed by atoms with E-state index in [4.69, 9.17) is 5.73 Å². The molecule has 9 heteroatoms. The molecule has 0 aromatic carbocycles. The summed E-state index contributed by atoms with van der Waals surface area (Å²) in [5.74, 6) is -0.669. The van der Waals surface area contributed by atoms with Crippen molar-refractivity contribution < 1.29 is 18.3 Å². The van der Waals surface area contributed by atoms with Crippen LogP contribution in [0.25, 0.3) is 0 Å². The summed E-state index contributed by atoms with van der Waals surface area (Å²) in [7, 11) is -3.74. The van der Waals surface area contributed by atoms with Gasteiger partial charge >= 0.3 is 0 Å². The van der Waals surface area contributed by atoms with Crippen LogP contribution in [0.1, 0.15) is 23.2 Å². The van der Waals surface area contributed by atoms with Gasteiger partial charge in [-0.1, -0.05) is 0 Å². The average Bonchev–Trinajstić information content (AvgIpc) is 2.88. The summed E-state index contributed by atoms with van der Waals surface area (Å²) in [5.41, 5.74) is 4.17. The number of rotatable bonds is 5. The number of amides is 1. The first-order chi connectivity index (χ1) is 9.32. The third-order valence-electron chi connectivity index (χ3n) is 3.17. The molecule has 5 N–H and O–H groups in total. The van der Waals surface area contributed by atoms with Crippen LogP contribution < -0.4 is 15.8 Å². The van der Waals surface area contributed by atoms with Gasteiger partial charge in [0.25, 0.3) is 0 Å². The van der Waals surface area contributed by atoms with Gasteiger partial charge in [-0.3, -0.25) is 4.79 Å². The van der Waals surface area contributed by atoms with Crippen molar-refractivity contribution >= 4 is 27.3 Å². The van der Waals surface area contributed by atoms with E-state index in [1.165, 1.54) is 11.4 Å². The molecule has 1 aliphatic rings. The molecule has 1 aromatic rings. The van der Waals surface area contributed by atoms with Crippen molar-refractivity contribution in [1.82, 2.24) is 10.0 Å². The highest BCUT2D eigenvalue weighted by atomic mass is 32.2. The molecule has 1 amide bonds. The first kappa shape index (κ1) is 15.4. The summed E-state index contributed by atoms with van der Waals surface area (Å²) < 4.78 is 26.5. The smallest absolute Gasteiger partial charge is 0.250 e. The van der Waals surface area contributed by atoms with Crippen LogP contribution in [0.4, 0.5) is 0 Å². The zero-order valence-corrected chi connectivity index (χ0v) is 12.4. The van der Waals surface area contributed by atoms with Crippen LogP contribution in [-0.4, -0.2) is 44.7 Å². The predicted octanol–water partition coefficient (Wildman–Crippen LogP) is -0.760. The number of nitrogens with two attached hydrogens (primary N) is 1. The van der Waals surface area contributed by atoms with Crippen molar-refractivity contribution in [2.45, 2.75) is 22.7 Å². The molecular weight excluding hydrogens is 302 g/mol. The molecule has 2 rings (SSSR count). The monoisotopic (exact) mass is 319 g/mol. The van der Waals surface area contributed by atoms with Gasteiger partial charge in [0.2, 0.25) is 15.9 Å². The van der Waals surface area contributed by atoms with Crippen molar-refractivity contribution in [2.24, 2.45) is 5.73 Å². The van der Waals surface area contributed by atoms with E-state index in [9.17, 15) is 18.3 Å². The third-order valence-corrected chi connectivity index (χ3v) is 6.01. The summed E-state index contributed by atoms with van der Waals surface area (Å²) in [4.78, 5) is 11.0. The lowest BCUT2D eigenvalue weighted by Gasteiger charge is -2.32. The van der Waals surface area contributed by atoms with Gasteiger partial charge < -0.3 is 16.2 Å². The second-order valence-electron chi connectivity index (χ2n) is 4.85. The maximum atomic E-state index is 12.1. The molecule has 0 radical (unpaired) electrons. The third kappa shape index (κ3) is 3.55. The van der Waals surface area contributed by atoms with E-state index >= 15 is 0 Å². The number of hydrogen-bond acceptors (Lipinski definition) is 6. The van der Waals surface area contributed by atoms with Crippen molar-refractivity contribution in [3.8, 4) is 0 Å². The molecule has 0 saturated carbocycles. The van der Waals surface area contributed by atoms with Gasteiger partial charge in [0.15, 0.2) is 0 Å². The highest BCUT2D eigenvalue weighted by molar-refractivity contribution is 7.91. The lowest BCUT2D eigenvalue weighted by Crippen LogP contribution is -2.52. The number of piperidine rings is 1. The van der Waals surface area contributed by atoms with E-state index in [2.05, 4.69) is 10.0 Å². The molecule has 1 saturated heterocycles. The largest absolute Gasteiger partial charge is 0.387 e. The Kier molecular flexibility index (Phi) is 4.45. The van der Waals surface area contributed by atoms with Crippen LogP contribution in [0.2, 0.25) is 0 Å². The van der Waals surface area contributed by atoms with Crippen LogP contribution in [0.3, 0.4) is 0 Å². The Morgan fingerprint density at radius 2 is 2.35 bits per heavy atom. The summed E-state index contributed by atoms with van der Waals surface area (Å²) in [5, 5.41) is 14.6. The van der Waals surface area contributed by atoms with E-state index in [-0.39, 0.29) is 16.3 Å². The van der Waals surface area contributed by atoms with Crippen molar-refractivity contribution in [1.29, 1.82) is 0 Å². The number of aliphatic hydroxyl groups is 1. The van der Waals surface area contributed by atoms with Crippen LogP contribution >= 0.6 is 11.3 Å². The standard InChI is InChI=1S/C11H17N3O4S2/c12-10(15)8-4-9(19-5-8)20(17,18)14-7-11(16)2-1-3-13-6-11/h4-5,13-14,16H,1-3,6-7H2,(H2,12,15)/t11-/m0/s1. The highest BCUT2D eigenvalue weighted by Gasteiger charge is 2.31. The molecule has 1 fully saturated rings. The van der Waals surface area contributed by atoms with Crippen molar-refractivity contribution in [3.63, 3.8) is 0 Å². The molecule has 0 bridgehead atoms. The Labute approximate surface area is 121 Å². The van der Waals surface area contributed by atoms with Gasteiger partial charge in [0.05, 0.1) is 11.2 Å². The average molecular weight is 319 g/mol. The quantitative estimate of drug-likeness (QED) is 0.568. The van der Waals surface area contributed by atoms with E-state index < -0.39 is 21.5 Å². The molecule has 1 atom stereocenters. The first-order valence-corrected chi connectivity index (χ1v) is 8.50. The van der Waals surface area contributed by atoms with E-state index in [0.717, 1.165) is 24.3 Å². The van der Waals surface area contributed by atoms with Crippen LogP contribution in [-0.2, 0) is 10.0 Å². The Bertz CT molecular complexity index is 591. The first-order valence-electron chi connectivity index (χ1n) is 6.14. The van der Waals surface area contributed by atoms with Gasteiger partial charge in [0.1, 0.15) is 4.21 Å². The van der Waals surface area contributed by atoms with Crippen LogP contribution in [0.5, 0.6) is 0 Å². The second-order valence-corrected chi connectivity index (χ2v) is 7.75. The van der Waals surface area contributed by atoms with Gasteiger partial charge in [-0.25, -0.2) is 13.1 Å². The fourth-order valence-corrected chi connectivity index (χ4v) is 4.32. The number of carbonyl (C=O) groups is 1. The van der Waals surface area contributed by atoms with Crippen LogP contribution in [0.15, 0.2) is 15.7 Å². The molecular formula is C11H17N3O4S2. The predicted molar refractivity (Wildman–Crippen MR) is 75.1 cm³/mol. The lowest BCUT2D eigenvalue weighted by molar-refractivity contribution is 0.0218. The second kappa shape index (κ2) is 5.78. The lowest BCUT2D eigenvalue weighted by atomic mass is 9.95. The van der Waals surface area contributed by atoms with E-state index in [1.807, 2.05) is 0 Å². The van der Waals surface area contributed by atoms with Gasteiger partial charge in [-0.05, 0) is 25.5 Å². The molecule has 20 heavy (non-hydrogen) atoms. The maximum Gasteiger partial charge on any atom is 0.250 e. The van der Waals surface area contributed by atoms with E-state index in [0.29, 0.717) is 13.0 Å². The van der Waals surface area contributed by atoms with Gasteiger partial charge in [-0.15, -0.1) is 11.3 Å². The number of β-amino-alcohol motifs (C(OH)–C–C–N with tert-alkyl or cyclic N) is 1. The van der Waals surface area contributed by atoms with Crippen molar-refractivity contribution in [2.75, 3.05) is 19.6 Å². The molecule has 0 aliphatic carbocycles. The zero-order valence-electron chi connectivity index (χ0n) is 10.8. The number of carbonyl (C=O) groups excluding carboxylic acids is 1. The Balaban J connectivity index is 2.05. The summed E-state index contributed by atoms with van der Waals surface area (Å²) in [6.07, 6.45) is 1.34. The minimum Gasteiger partial charge on any atom is -0.387 e. The molecule has 0 spiro atoms. The number of nitrogens with one attached hydrogen (secondary N) is 2. The highest BCUT2D eigenvalue weighted by Crippen LogP contribution is 2.21.